The minimum atomic E-state index is -0.605. The fraction of sp³-hybridized carbons (Fsp3) is 0.0625. The summed E-state index contributed by atoms with van der Waals surface area (Å²) in [6.07, 6.45) is 0. The second kappa shape index (κ2) is 8.86. The van der Waals surface area contributed by atoms with Crippen molar-refractivity contribution in [3.05, 3.63) is 59.1 Å². The minimum Gasteiger partial charge on any atom is -0.507 e. The molecule has 2 rings (SSSR count). The van der Waals surface area contributed by atoms with Gasteiger partial charge in [-0.05, 0) is 48.6 Å². The molecule has 2 aromatic carbocycles. The summed E-state index contributed by atoms with van der Waals surface area (Å²) in [5.41, 5.74) is 4.69. The van der Waals surface area contributed by atoms with Gasteiger partial charge in [-0.25, -0.2) is 0 Å². The van der Waals surface area contributed by atoms with Crippen molar-refractivity contribution in [2.24, 2.45) is 0 Å². The quantitative estimate of drug-likeness (QED) is 0.477. The third-order valence-electron chi connectivity index (χ3n) is 2.87. The highest BCUT2D eigenvalue weighted by Gasteiger charge is 2.11. The van der Waals surface area contributed by atoms with Gasteiger partial charge in [0, 0.05) is 5.02 Å². The number of phenolic OH excluding ortho intramolecular Hbond substituents is 1. The van der Waals surface area contributed by atoms with Crippen molar-refractivity contribution in [2.75, 3.05) is 6.61 Å². The Labute approximate surface area is 153 Å². The summed E-state index contributed by atoms with van der Waals surface area (Å²) in [4.78, 5) is 23.6. The molecule has 0 aliphatic carbocycles. The molecule has 0 unspecified atom stereocenters. The van der Waals surface area contributed by atoms with Crippen molar-refractivity contribution in [3.63, 3.8) is 0 Å². The number of phenols is 1. The predicted octanol–water partition coefficient (Wildman–Crippen LogP) is 1.76. The van der Waals surface area contributed by atoms with E-state index in [4.69, 9.17) is 28.6 Å². The first kappa shape index (κ1) is 18.5. The molecule has 0 atom stereocenters. The van der Waals surface area contributed by atoms with Crippen LogP contribution in [-0.2, 0) is 4.79 Å². The van der Waals surface area contributed by atoms with Gasteiger partial charge in [-0.1, -0.05) is 23.7 Å². The molecule has 0 bridgehead atoms. The van der Waals surface area contributed by atoms with Crippen LogP contribution in [0.15, 0.2) is 48.5 Å². The molecular weight excluding hydrogens is 366 g/mol. The number of nitrogens with one attached hydrogen (secondary N) is 3. The average molecular weight is 380 g/mol. The molecule has 7 nitrogen and oxygen atoms in total. The van der Waals surface area contributed by atoms with E-state index in [1.54, 1.807) is 36.4 Å². The lowest BCUT2D eigenvalue weighted by Gasteiger charge is -2.11. The smallest absolute Gasteiger partial charge is 0.273 e. The number of amides is 2. The molecule has 9 heteroatoms. The predicted molar refractivity (Wildman–Crippen MR) is 96.4 cm³/mol. The Bertz CT molecular complexity index is 783. The van der Waals surface area contributed by atoms with E-state index in [-0.39, 0.29) is 23.0 Å². The molecule has 0 aromatic heterocycles. The topological polar surface area (TPSA) is 99.7 Å². The molecule has 0 heterocycles. The second-order valence-corrected chi connectivity index (χ2v) is 5.56. The molecule has 0 radical (unpaired) electrons. The van der Waals surface area contributed by atoms with Crippen molar-refractivity contribution in [2.45, 2.75) is 0 Å². The Kier molecular flexibility index (Phi) is 6.55. The third-order valence-corrected chi connectivity index (χ3v) is 3.33. The Balaban J connectivity index is 1.74. The number of hydrogen-bond donors (Lipinski definition) is 4. The van der Waals surface area contributed by atoms with E-state index in [0.29, 0.717) is 10.8 Å². The molecule has 0 fully saturated rings. The van der Waals surface area contributed by atoms with Gasteiger partial charge in [-0.2, -0.15) is 0 Å². The van der Waals surface area contributed by atoms with Crippen molar-refractivity contribution in [1.29, 1.82) is 0 Å². The van der Waals surface area contributed by atoms with E-state index in [0.717, 1.165) is 0 Å². The van der Waals surface area contributed by atoms with Crippen LogP contribution in [0.25, 0.3) is 0 Å². The summed E-state index contributed by atoms with van der Waals surface area (Å²) >= 11 is 10.6. The molecule has 2 amide bonds. The fourth-order valence-corrected chi connectivity index (χ4v) is 2.01. The highest BCUT2D eigenvalue weighted by atomic mass is 35.5. The van der Waals surface area contributed by atoms with Crippen LogP contribution < -0.4 is 20.9 Å². The first-order chi connectivity index (χ1) is 12.0. The summed E-state index contributed by atoms with van der Waals surface area (Å²) in [5, 5.41) is 12.3. The monoisotopic (exact) mass is 379 g/mol. The number of rotatable bonds is 4. The molecule has 0 spiro atoms. The fourth-order valence-electron chi connectivity index (χ4n) is 1.72. The van der Waals surface area contributed by atoms with Crippen molar-refractivity contribution >= 4 is 40.7 Å². The number of aromatic hydroxyl groups is 1. The number of carbonyl (C=O) groups excluding carboxylic acids is 2. The van der Waals surface area contributed by atoms with Gasteiger partial charge in [0.05, 0.1) is 5.56 Å². The van der Waals surface area contributed by atoms with Crippen LogP contribution in [0.3, 0.4) is 0 Å². The third kappa shape index (κ3) is 5.94. The normalized spacial score (nSPS) is 9.80. The molecule has 4 N–H and O–H groups in total. The molecule has 2 aromatic rings. The van der Waals surface area contributed by atoms with Crippen LogP contribution in [0, 0.1) is 0 Å². The van der Waals surface area contributed by atoms with E-state index in [2.05, 4.69) is 16.2 Å². The van der Waals surface area contributed by atoms with Crippen LogP contribution in [0.5, 0.6) is 11.5 Å². The lowest BCUT2D eigenvalue weighted by molar-refractivity contribution is -0.121. The number of halogens is 1. The maximum atomic E-state index is 11.9. The molecule has 0 aliphatic rings. The van der Waals surface area contributed by atoms with E-state index in [9.17, 15) is 14.7 Å². The lowest BCUT2D eigenvalue weighted by Crippen LogP contribution is -2.49. The number of carbonyl (C=O) groups is 2. The number of para-hydroxylation sites is 1. The zero-order valence-electron chi connectivity index (χ0n) is 12.8. The van der Waals surface area contributed by atoms with Crippen LogP contribution in [0.1, 0.15) is 10.4 Å². The summed E-state index contributed by atoms with van der Waals surface area (Å²) in [7, 11) is 0. The lowest BCUT2D eigenvalue weighted by atomic mass is 10.2. The van der Waals surface area contributed by atoms with Gasteiger partial charge in [-0.15, -0.1) is 0 Å². The van der Waals surface area contributed by atoms with Crippen molar-refractivity contribution in [1.82, 2.24) is 16.2 Å². The Morgan fingerprint density at radius 3 is 2.44 bits per heavy atom. The summed E-state index contributed by atoms with van der Waals surface area (Å²) in [6, 6.07) is 12.5. The Hall–Kier alpha value is -2.84. The van der Waals surface area contributed by atoms with Crippen molar-refractivity contribution in [3.8, 4) is 11.5 Å². The summed E-state index contributed by atoms with van der Waals surface area (Å²) in [5.74, 6) is -0.809. The minimum absolute atomic E-state index is 0.0650. The van der Waals surface area contributed by atoms with E-state index >= 15 is 0 Å². The number of thiocarbonyl (C=S) groups is 1. The maximum absolute atomic E-state index is 11.9. The highest BCUT2D eigenvalue weighted by Crippen LogP contribution is 2.15. The van der Waals surface area contributed by atoms with Gasteiger partial charge in [-0.3, -0.25) is 25.8 Å². The zero-order chi connectivity index (χ0) is 18.2. The Morgan fingerprint density at radius 2 is 1.76 bits per heavy atom. The van der Waals surface area contributed by atoms with Crippen LogP contribution >= 0.6 is 23.8 Å². The molecule has 25 heavy (non-hydrogen) atoms. The van der Waals surface area contributed by atoms with Crippen LogP contribution in [0.4, 0.5) is 0 Å². The summed E-state index contributed by atoms with van der Waals surface area (Å²) < 4.78 is 5.26. The van der Waals surface area contributed by atoms with Gasteiger partial charge in [0.25, 0.3) is 11.8 Å². The molecule has 0 saturated carbocycles. The van der Waals surface area contributed by atoms with Gasteiger partial charge in [0.15, 0.2) is 11.7 Å². The molecular formula is C16H14ClN3O4S. The van der Waals surface area contributed by atoms with Gasteiger partial charge < -0.3 is 9.84 Å². The SMILES string of the molecule is O=C(COc1ccc(Cl)cc1)NC(=S)NNC(=O)c1ccccc1O. The number of benzene rings is 2. The van der Waals surface area contributed by atoms with Gasteiger partial charge in [0.2, 0.25) is 0 Å². The average Bonchev–Trinajstić information content (AvgIpc) is 2.59. The van der Waals surface area contributed by atoms with E-state index in [1.165, 1.54) is 12.1 Å². The molecule has 130 valence electrons. The van der Waals surface area contributed by atoms with Gasteiger partial charge in [0.1, 0.15) is 11.5 Å². The number of ether oxygens (including phenoxy) is 1. The first-order valence-corrected chi connectivity index (χ1v) is 7.81. The highest BCUT2D eigenvalue weighted by molar-refractivity contribution is 7.80. The maximum Gasteiger partial charge on any atom is 0.273 e. The standard InChI is InChI=1S/C16H14ClN3O4S/c17-10-5-7-11(8-6-10)24-9-14(22)18-16(25)20-19-15(23)12-3-1-2-4-13(12)21/h1-8,21H,9H2,(H,19,23)(H2,18,20,22,25). The Morgan fingerprint density at radius 1 is 1.08 bits per heavy atom. The summed E-state index contributed by atoms with van der Waals surface area (Å²) in [6.45, 7) is -0.267. The second-order valence-electron chi connectivity index (χ2n) is 4.72. The number of hydrogen-bond acceptors (Lipinski definition) is 5. The molecule has 0 saturated heterocycles. The van der Waals surface area contributed by atoms with Gasteiger partial charge >= 0.3 is 0 Å². The van der Waals surface area contributed by atoms with Crippen molar-refractivity contribution < 1.29 is 19.4 Å². The zero-order valence-corrected chi connectivity index (χ0v) is 14.4. The molecule has 0 aliphatic heterocycles. The van der Waals surface area contributed by atoms with Crippen LogP contribution in [0.2, 0.25) is 5.02 Å². The van der Waals surface area contributed by atoms with E-state index < -0.39 is 11.8 Å². The largest absolute Gasteiger partial charge is 0.507 e. The van der Waals surface area contributed by atoms with E-state index in [1.807, 2.05) is 0 Å². The number of hydrazine groups is 1. The van der Waals surface area contributed by atoms with Crippen LogP contribution in [-0.4, -0.2) is 28.6 Å². The first-order valence-electron chi connectivity index (χ1n) is 7.02.